The molecule has 1 N–H and O–H groups in total. The molecule has 2 aromatic heterocycles. The van der Waals surface area contributed by atoms with E-state index in [4.69, 9.17) is 4.42 Å². The molecule has 2 aromatic rings. The summed E-state index contributed by atoms with van der Waals surface area (Å²) in [5, 5.41) is 13.6. The molecule has 0 atom stereocenters. The molecule has 0 aliphatic heterocycles. The molecule has 0 saturated heterocycles. The van der Waals surface area contributed by atoms with E-state index in [-0.39, 0.29) is 5.88 Å². The van der Waals surface area contributed by atoms with Gasteiger partial charge in [-0.1, -0.05) is 0 Å². The first-order valence-corrected chi connectivity index (χ1v) is 5.87. The van der Waals surface area contributed by atoms with Crippen molar-refractivity contribution in [2.75, 3.05) is 0 Å². The van der Waals surface area contributed by atoms with Crippen LogP contribution in [-0.4, -0.2) is 9.91 Å². The normalized spacial score (nSPS) is 10.6. The summed E-state index contributed by atoms with van der Waals surface area (Å²) in [6.45, 7) is 3.10. The lowest BCUT2D eigenvalue weighted by Gasteiger charge is -2.00. The third kappa shape index (κ3) is 2.89. The van der Waals surface area contributed by atoms with Gasteiger partial charge in [-0.15, -0.1) is 11.3 Å². The van der Waals surface area contributed by atoms with E-state index in [0.29, 0.717) is 18.8 Å². The van der Waals surface area contributed by atoms with Crippen molar-refractivity contribution in [3.05, 3.63) is 44.1 Å². The molecule has 7 heteroatoms. The number of rotatable bonds is 5. The highest BCUT2D eigenvalue weighted by molar-refractivity contribution is 7.09. The maximum absolute atomic E-state index is 10.4. The second kappa shape index (κ2) is 5.07. The minimum Gasteiger partial charge on any atom is -0.404 e. The topological polar surface area (TPSA) is 81.2 Å². The van der Waals surface area contributed by atoms with Crippen LogP contribution in [0.15, 0.2) is 22.1 Å². The first kappa shape index (κ1) is 11.7. The van der Waals surface area contributed by atoms with Gasteiger partial charge in [0, 0.05) is 11.4 Å². The summed E-state index contributed by atoms with van der Waals surface area (Å²) in [5.41, 5.74) is 2.80. The smallest absolute Gasteiger partial charge is 0.404 e. The largest absolute Gasteiger partial charge is 0.433 e. The van der Waals surface area contributed by atoms with Crippen molar-refractivity contribution in [1.82, 2.24) is 10.3 Å². The van der Waals surface area contributed by atoms with E-state index in [1.165, 1.54) is 6.07 Å². The van der Waals surface area contributed by atoms with Crippen LogP contribution in [0, 0.1) is 17.0 Å². The van der Waals surface area contributed by atoms with Gasteiger partial charge in [-0.2, -0.15) is 0 Å². The molecule has 0 spiro atoms. The van der Waals surface area contributed by atoms with E-state index in [9.17, 15) is 10.1 Å². The Hall–Kier alpha value is -1.73. The van der Waals surface area contributed by atoms with Crippen molar-refractivity contribution >= 4 is 17.2 Å². The van der Waals surface area contributed by atoms with Crippen LogP contribution in [0.4, 0.5) is 5.88 Å². The Morgan fingerprint density at radius 3 is 2.94 bits per heavy atom. The van der Waals surface area contributed by atoms with Crippen LogP contribution in [0.3, 0.4) is 0 Å². The van der Waals surface area contributed by atoms with Gasteiger partial charge in [-0.05, 0) is 13.0 Å². The van der Waals surface area contributed by atoms with Crippen LogP contribution in [0.1, 0.15) is 16.3 Å². The van der Waals surface area contributed by atoms with E-state index in [2.05, 4.69) is 10.3 Å². The lowest BCUT2D eigenvalue weighted by Crippen LogP contribution is -2.11. The summed E-state index contributed by atoms with van der Waals surface area (Å²) in [6.07, 6.45) is 0. The Morgan fingerprint density at radius 1 is 1.53 bits per heavy atom. The molecule has 17 heavy (non-hydrogen) atoms. The van der Waals surface area contributed by atoms with Crippen LogP contribution in [0.25, 0.3) is 0 Å². The molecular weight excluding hydrogens is 242 g/mol. The van der Waals surface area contributed by atoms with Crippen LogP contribution >= 0.6 is 11.3 Å². The van der Waals surface area contributed by atoms with Gasteiger partial charge in [-0.25, -0.2) is 4.98 Å². The van der Waals surface area contributed by atoms with Gasteiger partial charge in [0.1, 0.15) is 10.7 Å². The van der Waals surface area contributed by atoms with E-state index in [1.54, 1.807) is 22.9 Å². The summed E-state index contributed by atoms with van der Waals surface area (Å²) in [4.78, 5) is 15.2. The highest BCUT2D eigenvalue weighted by Crippen LogP contribution is 2.16. The highest BCUT2D eigenvalue weighted by atomic mass is 32.1. The second-order valence-corrected chi connectivity index (χ2v) is 4.40. The Kier molecular flexibility index (Phi) is 3.50. The molecule has 0 unspecified atom stereocenters. The number of hydrogen-bond acceptors (Lipinski definition) is 6. The number of nitrogens with one attached hydrogen (secondary N) is 1. The monoisotopic (exact) mass is 253 g/mol. The zero-order chi connectivity index (χ0) is 12.3. The van der Waals surface area contributed by atoms with Crippen molar-refractivity contribution in [3.8, 4) is 0 Å². The van der Waals surface area contributed by atoms with Gasteiger partial charge < -0.3 is 9.73 Å². The second-order valence-electron chi connectivity index (χ2n) is 3.46. The average molecular weight is 253 g/mol. The molecule has 2 heterocycles. The number of nitro groups is 1. The highest BCUT2D eigenvalue weighted by Gasteiger charge is 2.11. The Bertz CT molecular complexity index is 520. The summed E-state index contributed by atoms with van der Waals surface area (Å²) in [5.74, 6) is 0.328. The zero-order valence-corrected chi connectivity index (χ0v) is 9.99. The lowest BCUT2D eigenvalue weighted by molar-refractivity contribution is -0.402. The van der Waals surface area contributed by atoms with Gasteiger partial charge in [-0.3, -0.25) is 10.1 Å². The van der Waals surface area contributed by atoms with Crippen molar-refractivity contribution in [2.24, 2.45) is 0 Å². The van der Waals surface area contributed by atoms with Gasteiger partial charge in [0.25, 0.3) is 0 Å². The maximum atomic E-state index is 10.4. The number of furan rings is 1. The van der Waals surface area contributed by atoms with Gasteiger partial charge in [0.05, 0.1) is 23.8 Å². The zero-order valence-electron chi connectivity index (χ0n) is 9.17. The van der Waals surface area contributed by atoms with Crippen molar-refractivity contribution in [2.45, 2.75) is 20.0 Å². The molecule has 6 nitrogen and oxygen atoms in total. The Balaban J connectivity index is 1.86. The first-order chi connectivity index (χ1) is 8.16. The van der Waals surface area contributed by atoms with Crippen LogP contribution < -0.4 is 5.32 Å². The fourth-order valence-electron chi connectivity index (χ4n) is 1.35. The molecule has 0 aliphatic rings. The third-order valence-corrected chi connectivity index (χ3v) is 3.19. The van der Waals surface area contributed by atoms with E-state index >= 15 is 0 Å². The molecule has 0 aliphatic carbocycles. The number of aromatic nitrogens is 1. The van der Waals surface area contributed by atoms with Crippen LogP contribution in [-0.2, 0) is 13.1 Å². The van der Waals surface area contributed by atoms with Crippen molar-refractivity contribution < 1.29 is 9.34 Å². The van der Waals surface area contributed by atoms with Crippen molar-refractivity contribution in [3.63, 3.8) is 0 Å². The predicted molar refractivity (Wildman–Crippen MR) is 62.8 cm³/mol. The number of nitrogens with zero attached hydrogens (tertiary/aromatic N) is 2. The summed E-state index contributed by atoms with van der Waals surface area (Å²) in [6, 6.07) is 2.96. The van der Waals surface area contributed by atoms with E-state index in [1.807, 2.05) is 6.92 Å². The number of hydrogen-bond donors (Lipinski definition) is 1. The average Bonchev–Trinajstić information content (AvgIpc) is 2.89. The van der Waals surface area contributed by atoms with Gasteiger partial charge in [0.15, 0.2) is 0 Å². The third-order valence-electron chi connectivity index (χ3n) is 2.26. The SMILES string of the molecule is Cc1ncsc1CNCc1ccc([N+](=O)[O-])o1. The summed E-state index contributed by atoms with van der Waals surface area (Å²) in [7, 11) is 0. The van der Waals surface area contributed by atoms with Crippen molar-refractivity contribution in [1.29, 1.82) is 0 Å². The fraction of sp³-hybridized carbons (Fsp3) is 0.300. The quantitative estimate of drug-likeness (QED) is 0.652. The minimum atomic E-state index is -0.545. The number of thiazole rings is 1. The van der Waals surface area contributed by atoms with E-state index in [0.717, 1.165) is 10.6 Å². The van der Waals surface area contributed by atoms with Crippen LogP contribution in [0.2, 0.25) is 0 Å². The van der Waals surface area contributed by atoms with Crippen LogP contribution in [0.5, 0.6) is 0 Å². The fourth-order valence-corrected chi connectivity index (χ4v) is 2.10. The summed E-state index contributed by atoms with van der Waals surface area (Å²) >= 11 is 1.58. The molecule has 0 saturated carbocycles. The molecule has 0 bridgehead atoms. The molecular formula is C10H11N3O3S. The predicted octanol–water partition coefficient (Wildman–Crippen LogP) is 2.24. The lowest BCUT2D eigenvalue weighted by atomic mass is 10.4. The molecule has 0 radical (unpaired) electrons. The van der Waals surface area contributed by atoms with E-state index < -0.39 is 4.92 Å². The summed E-state index contributed by atoms with van der Waals surface area (Å²) < 4.78 is 5.02. The molecule has 90 valence electrons. The first-order valence-electron chi connectivity index (χ1n) is 4.99. The Morgan fingerprint density at radius 2 is 2.35 bits per heavy atom. The Labute approximate surface area is 101 Å². The maximum Gasteiger partial charge on any atom is 0.433 e. The minimum absolute atomic E-state index is 0.226. The molecule has 2 rings (SSSR count). The molecule has 0 amide bonds. The standard InChI is InChI=1S/C10H11N3O3S/c1-7-9(17-6-12-7)5-11-4-8-2-3-10(16-8)13(14)15/h2-3,6,11H,4-5H2,1H3. The van der Waals surface area contributed by atoms with Gasteiger partial charge >= 0.3 is 5.88 Å². The molecule has 0 fully saturated rings. The van der Waals surface area contributed by atoms with Gasteiger partial charge in [0.2, 0.25) is 0 Å². The molecule has 0 aromatic carbocycles. The number of aryl methyl sites for hydroxylation is 1.